The number of pyridine rings is 1. The number of nitro groups is 1. The Bertz CT molecular complexity index is 423. The highest BCUT2D eigenvalue weighted by Crippen LogP contribution is 2.24. The van der Waals surface area contributed by atoms with Crippen molar-refractivity contribution in [3.63, 3.8) is 0 Å². The van der Waals surface area contributed by atoms with E-state index in [1.165, 1.54) is 12.3 Å². The number of ether oxygens (including phenoxy) is 1. The molecule has 17 heavy (non-hydrogen) atoms. The minimum absolute atomic E-state index is 0.0376. The molecule has 0 unspecified atom stereocenters. The van der Waals surface area contributed by atoms with Crippen LogP contribution in [0.4, 0.5) is 11.5 Å². The Kier molecular flexibility index (Phi) is 3.87. The maximum atomic E-state index is 10.6. The number of nitrogens with zero attached hydrogens (tertiary/aromatic N) is 3. The van der Waals surface area contributed by atoms with Crippen LogP contribution in [-0.2, 0) is 4.74 Å². The minimum Gasteiger partial charge on any atom is -0.379 e. The third-order valence-electron chi connectivity index (χ3n) is 2.31. The Morgan fingerprint density at radius 3 is 2.82 bits per heavy atom. The van der Waals surface area contributed by atoms with Crippen molar-refractivity contribution in [2.45, 2.75) is 0 Å². The van der Waals surface area contributed by atoms with E-state index < -0.39 is 4.92 Å². The first-order valence-corrected chi connectivity index (χ1v) is 5.85. The maximum absolute atomic E-state index is 10.6. The lowest BCUT2D eigenvalue weighted by atomic mass is 10.4. The van der Waals surface area contributed by atoms with Gasteiger partial charge in [-0.25, -0.2) is 9.99 Å². The third kappa shape index (κ3) is 3.11. The summed E-state index contributed by atoms with van der Waals surface area (Å²) in [7, 11) is 0. The zero-order chi connectivity index (χ0) is 12.3. The predicted molar refractivity (Wildman–Crippen MR) is 64.6 cm³/mol. The smallest absolute Gasteiger partial charge is 0.288 e. The molecule has 0 atom stereocenters. The van der Waals surface area contributed by atoms with Crippen molar-refractivity contribution < 1.29 is 9.66 Å². The SMILES string of the molecule is O=[N+]([O-])c1cnc(NN2CCOCC2)c(Br)c1. The summed E-state index contributed by atoms with van der Waals surface area (Å²) in [5, 5.41) is 12.5. The van der Waals surface area contributed by atoms with Crippen molar-refractivity contribution in [3.8, 4) is 0 Å². The number of anilines is 1. The highest BCUT2D eigenvalue weighted by Gasteiger charge is 2.14. The van der Waals surface area contributed by atoms with Gasteiger partial charge in [-0.05, 0) is 15.9 Å². The van der Waals surface area contributed by atoms with E-state index in [1.807, 2.05) is 5.01 Å². The summed E-state index contributed by atoms with van der Waals surface area (Å²) in [5.74, 6) is 0.567. The summed E-state index contributed by atoms with van der Waals surface area (Å²) in [6.45, 7) is 2.84. The molecular weight excluding hydrogens is 292 g/mol. The van der Waals surface area contributed by atoms with Crippen LogP contribution in [0.3, 0.4) is 0 Å². The zero-order valence-corrected chi connectivity index (χ0v) is 10.5. The van der Waals surface area contributed by atoms with Crippen LogP contribution in [0.5, 0.6) is 0 Å². The Morgan fingerprint density at radius 2 is 2.24 bits per heavy atom. The molecule has 0 saturated carbocycles. The van der Waals surface area contributed by atoms with Gasteiger partial charge < -0.3 is 10.2 Å². The van der Waals surface area contributed by atoms with Crippen LogP contribution in [0.15, 0.2) is 16.7 Å². The van der Waals surface area contributed by atoms with Gasteiger partial charge >= 0.3 is 0 Å². The second-order valence-electron chi connectivity index (χ2n) is 3.49. The number of rotatable bonds is 3. The molecule has 1 aliphatic rings. The second-order valence-corrected chi connectivity index (χ2v) is 4.35. The molecule has 7 nitrogen and oxygen atoms in total. The van der Waals surface area contributed by atoms with Gasteiger partial charge in [0, 0.05) is 19.2 Å². The Morgan fingerprint density at radius 1 is 1.53 bits per heavy atom. The first-order chi connectivity index (χ1) is 8.16. The fraction of sp³-hybridized carbons (Fsp3) is 0.444. The number of hydrogen-bond acceptors (Lipinski definition) is 6. The number of hydrazine groups is 1. The fourth-order valence-corrected chi connectivity index (χ4v) is 1.86. The average molecular weight is 303 g/mol. The fourth-order valence-electron chi connectivity index (χ4n) is 1.43. The summed E-state index contributed by atoms with van der Waals surface area (Å²) in [4.78, 5) is 14.1. The summed E-state index contributed by atoms with van der Waals surface area (Å²) in [6.07, 6.45) is 1.23. The van der Waals surface area contributed by atoms with Crippen molar-refractivity contribution in [3.05, 3.63) is 26.9 Å². The van der Waals surface area contributed by atoms with Crippen molar-refractivity contribution in [1.29, 1.82) is 0 Å². The molecule has 1 fully saturated rings. The monoisotopic (exact) mass is 302 g/mol. The van der Waals surface area contributed by atoms with E-state index in [0.29, 0.717) is 23.5 Å². The van der Waals surface area contributed by atoms with Crippen LogP contribution < -0.4 is 5.43 Å². The third-order valence-corrected chi connectivity index (χ3v) is 2.92. The summed E-state index contributed by atoms with van der Waals surface area (Å²) in [5.41, 5.74) is 3.05. The Labute approximate surface area is 106 Å². The van der Waals surface area contributed by atoms with E-state index in [9.17, 15) is 10.1 Å². The quantitative estimate of drug-likeness (QED) is 0.672. The molecule has 1 saturated heterocycles. The topological polar surface area (TPSA) is 80.5 Å². The Balaban J connectivity index is 2.08. The van der Waals surface area contributed by atoms with Gasteiger partial charge in [0.2, 0.25) is 0 Å². The number of aromatic nitrogens is 1. The van der Waals surface area contributed by atoms with Crippen LogP contribution in [0.25, 0.3) is 0 Å². The highest BCUT2D eigenvalue weighted by atomic mass is 79.9. The van der Waals surface area contributed by atoms with Gasteiger partial charge in [0.05, 0.1) is 22.6 Å². The number of nitrogens with one attached hydrogen (secondary N) is 1. The predicted octanol–water partition coefficient (Wildman–Crippen LogP) is 1.41. The van der Waals surface area contributed by atoms with Gasteiger partial charge in [0.15, 0.2) is 5.82 Å². The molecule has 0 aliphatic carbocycles. The first kappa shape index (κ1) is 12.2. The van der Waals surface area contributed by atoms with Crippen LogP contribution in [0, 0.1) is 10.1 Å². The Hall–Kier alpha value is -1.25. The van der Waals surface area contributed by atoms with Crippen molar-refractivity contribution >= 4 is 27.4 Å². The molecule has 1 aromatic rings. The standard InChI is InChI=1S/C9H11BrN4O3/c10-8-5-7(14(15)16)6-11-9(8)12-13-1-3-17-4-2-13/h5-6H,1-4H2,(H,11,12). The van der Waals surface area contributed by atoms with Gasteiger partial charge in [-0.2, -0.15) is 0 Å². The van der Waals surface area contributed by atoms with E-state index in [1.54, 1.807) is 0 Å². The van der Waals surface area contributed by atoms with E-state index >= 15 is 0 Å². The highest BCUT2D eigenvalue weighted by molar-refractivity contribution is 9.10. The molecule has 0 spiro atoms. The van der Waals surface area contributed by atoms with Crippen LogP contribution in [0.2, 0.25) is 0 Å². The summed E-state index contributed by atoms with van der Waals surface area (Å²) < 4.78 is 5.78. The van der Waals surface area contributed by atoms with E-state index in [0.717, 1.165) is 13.1 Å². The van der Waals surface area contributed by atoms with E-state index in [2.05, 4.69) is 26.3 Å². The van der Waals surface area contributed by atoms with Gasteiger partial charge in [-0.3, -0.25) is 10.1 Å². The largest absolute Gasteiger partial charge is 0.379 e. The molecule has 0 bridgehead atoms. The first-order valence-electron chi connectivity index (χ1n) is 5.06. The number of halogens is 1. The van der Waals surface area contributed by atoms with Gasteiger partial charge in [-0.15, -0.1) is 0 Å². The second kappa shape index (κ2) is 5.39. The average Bonchev–Trinajstić information content (AvgIpc) is 2.33. The molecule has 2 rings (SSSR count). The van der Waals surface area contributed by atoms with E-state index in [-0.39, 0.29) is 5.69 Å². The molecule has 8 heteroatoms. The number of morpholine rings is 1. The van der Waals surface area contributed by atoms with E-state index in [4.69, 9.17) is 4.74 Å². The minimum atomic E-state index is -0.476. The lowest BCUT2D eigenvalue weighted by Gasteiger charge is -2.27. The number of hydrogen-bond donors (Lipinski definition) is 1. The van der Waals surface area contributed by atoms with Crippen molar-refractivity contribution in [2.24, 2.45) is 0 Å². The van der Waals surface area contributed by atoms with Crippen LogP contribution in [0.1, 0.15) is 0 Å². The van der Waals surface area contributed by atoms with Gasteiger partial charge in [0.25, 0.3) is 5.69 Å². The van der Waals surface area contributed by atoms with Gasteiger partial charge in [-0.1, -0.05) is 0 Å². The molecule has 2 heterocycles. The molecule has 0 radical (unpaired) electrons. The molecule has 0 aromatic carbocycles. The normalized spacial score (nSPS) is 16.8. The van der Waals surface area contributed by atoms with Crippen molar-refractivity contribution in [1.82, 2.24) is 9.99 Å². The molecule has 1 aliphatic heterocycles. The zero-order valence-electron chi connectivity index (χ0n) is 8.93. The lowest BCUT2D eigenvalue weighted by molar-refractivity contribution is -0.385. The van der Waals surface area contributed by atoms with Crippen LogP contribution in [-0.4, -0.2) is 41.2 Å². The van der Waals surface area contributed by atoms with Crippen molar-refractivity contribution in [2.75, 3.05) is 31.7 Å². The van der Waals surface area contributed by atoms with Crippen LogP contribution >= 0.6 is 15.9 Å². The molecule has 92 valence electrons. The summed E-state index contributed by atoms with van der Waals surface area (Å²) in [6, 6.07) is 1.43. The maximum Gasteiger partial charge on any atom is 0.288 e. The summed E-state index contributed by atoms with van der Waals surface area (Å²) >= 11 is 3.25. The van der Waals surface area contributed by atoms with Gasteiger partial charge in [0.1, 0.15) is 6.20 Å². The molecule has 1 aromatic heterocycles. The molecular formula is C9H11BrN4O3. The lowest BCUT2D eigenvalue weighted by Crippen LogP contribution is -2.40. The molecule has 0 amide bonds. The molecule has 1 N–H and O–H groups in total.